The number of benzene rings is 1. The highest BCUT2D eigenvalue weighted by atomic mass is 32.2. The van der Waals surface area contributed by atoms with Crippen LogP contribution in [0.5, 0.6) is 0 Å². The number of amidine groups is 1. The van der Waals surface area contributed by atoms with Crippen LogP contribution in [0.15, 0.2) is 69.0 Å². The molecule has 2 aliphatic heterocycles. The van der Waals surface area contributed by atoms with E-state index in [0.717, 1.165) is 5.56 Å². The van der Waals surface area contributed by atoms with Gasteiger partial charge in [0.1, 0.15) is 0 Å². The zero-order chi connectivity index (χ0) is 18.7. The van der Waals surface area contributed by atoms with E-state index in [4.69, 9.17) is 4.74 Å². The number of hydrogen-bond acceptors (Lipinski definition) is 7. The highest BCUT2D eigenvalue weighted by molar-refractivity contribution is 8.13. The molecule has 7 nitrogen and oxygen atoms in total. The second-order valence-electron chi connectivity index (χ2n) is 5.39. The summed E-state index contributed by atoms with van der Waals surface area (Å²) in [5.74, 6) is -0.470. The lowest BCUT2D eigenvalue weighted by Crippen LogP contribution is -2.32. The molecule has 3 rings (SSSR count). The van der Waals surface area contributed by atoms with Gasteiger partial charge in [-0.25, -0.2) is 14.8 Å². The maximum Gasteiger partial charge on any atom is 0.363 e. The average Bonchev–Trinajstić information content (AvgIpc) is 3.02. The number of carbonyl (C=O) groups excluding carboxylic acids is 2. The summed E-state index contributed by atoms with van der Waals surface area (Å²) in [6.07, 6.45) is 4.99. The number of amides is 1. The number of rotatable bonds is 2. The molecule has 0 N–H and O–H groups in total. The van der Waals surface area contributed by atoms with Crippen molar-refractivity contribution in [3.05, 3.63) is 59.4 Å². The lowest BCUT2D eigenvalue weighted by molar-refractivity contribution is -0.130. The van der Waals surface area contributed by atoms with E-state index in [9.17, 15) is 9.59 Å². The fourth-order valence-corrected chi connectivity index (χ4v) is 2.79. The lowest BCUT2D eigenvalue weighted by atomic mass is 10.2. The van der Waals surface area contributed by atoms with Crippen molar-refractivity contribution < 1.29 is 14.3 Å². The van der Waals surface area contributed by atoms with E-state index in [1.165, 1.54) is 29.8 Å². The molecular formula is C18H16N4O3S. The molecule has 132 valence electrons. The number of aliphatic imine (C=N–C) groups is 2. The number of thioether (sulfide) groups is 1. The van der Waals surface area contributed by atoms with Gasteiger partial charge in [0.15, 0.2) is 10.9 Å². The molecule has 0 fully saturated rings. The van der Waals surface area contributed by atoms with Gasteiger partial charge in [-0.3, -0.25) is 4.79 Å². The van der Waals surface area contributed by atoms with Crippen molar-refractivity contribution >= 4 is 40.4 Å². The van der Waals surface area contributed by atoms with Crippen LogP contribution in [-0.2, 0) is 14.3 Å². The van der Waals surface area contributed by atoms with Crippen molar-refractivity contribution in [2.75, 3.05) is 6.26 Å². The topological polar surface area (TPSA) is 83.7 Å². The van der Waals surface area contributed by atoms with E-state index in [0.29, 0.717) is 16.6 Å². The zero-order valence-electron chi connectivity index (χ0n) is 14.5. The van der Waals surface area contributed by atoms with Crippen LogP contribution in [0.2, 0.25) is 0 Å². The molecule has 1 amide bonds. The Labute approximate surface area is 154 Å². The quantitative estimate of drug-likeness (QED) is 0.593. The Kier molecular flexibility index (Phi) is 5.13. The monoisotopic (exact) mass is 368 g/mol. The fourth-order valence-electron chi connectivity index (χ4n) is 2.26. The maximum atomic E-state index is 12.0. The Morgan fingerprint density at radius 1 is 1.15 bits per heavy atom. The summed E-state index contributed by atoms with van der Waals surface area (Å²) in [4.78, 5) is 32.3. The number of cyclic esters (lactones) is 1. The van der Waals surface area contributed by atoms with Crippen LogP contribution in [0.3, 0.4) is 0 Å². The van der Waals surface area contributed by atoms with Crippen molar-refractivity contribution in [3.8, 4) is 0 Å². The van der Waals surface area contributed by atoms with E-state index >= 15 is 0 Å². The minimum Gasteiger partial charge on any atom is -0.402 e. The second-order valence-corrected chi connectivity index (χ2v) is 6.16. The summed E-state index contributed by atoms with van der Waals surface area (Å²) in [5, 5.41) is 5.96. The largest absolute Gasteiger partial charge is 0.402 e. The molecule has 2 aliphatic rings. The van der Waals surface area contributed by atoms with Crippen LogP contribution in [-0.4, -0.2) is 39.9 Å². The third-order valence-corrected chi connectivity index (χ3v) is 4.17. The number of ether oxygens (including phenoxy) is 1. The van der Waals surface area contributed by atoms with Crippen LogP contribution >= 0.6 is 11.8 Å². The maximum absolute atomic E-state index is 12.0. The van der Waals surface area contributed by atoms with Crippen LogP contribution in [0.25, 0.3) is 0 Å². The number of nitrogens with zero attached hydrogens (tertiary/aromatic N) is 4. The molecule has 8 heteroatoms. The predicted octanol–water partition coefficient (Wildman–Crippen LogP) is 2.71. The first-order valence-electron chi connectivity index (χ1n) is 7.77. The molecule has 0 unspecified atom stereocenters. The van der Waals surface area contributed by atoms with Crippen LogP contribution in [0, 0.1) is 0 Å². The van der Waals surface area contributed by atoms with Crippen LogP contribution in [0.1, 0.15) is 19.4 Å². The molecule has 2 heterocycles. The van der Waals surface area contributed by atoms with Crippen LogP contribution in [0.4, 0.5) is 0 Å². The van der Waals surface area contributed by atoms with Crippen molar-refractivity contribution in [3.63, 3.8) is 0 Å². The number of esters is 1. The van der Waals surface area contributed by atoms with Crippen molar-refractivity contribution in [2.24, 2.45) is 15.1 Å². The molecular weight excluding hydrogens is 352 g/mol. The summed E-state index contributed by atoms with van der Waals surface area (Å²) in [6, 6.07) is 9.19. The first kappa shape index (κ1) is 17.8. The van der Waals surface area contributed by atoms with Gasteiger partial charge in [0, 0.05) is 12.5 Å². The van der Waals surface area contributed by atoms with Gasteiger partial charge in [0.2, 0.25) is 11.8 Å². The molecule has 0 atom stereocenters. The average molecular weight is 368 g/mol. The third kappa shape index (κ3) is 3.65. The van der Waals surface area contributed by atoms with Crippen molar-refractivity contribution in [1.82, 2.24) is 5.01 Å². The SMILES string of the molecule is CSC1=N/C(=C\C=C2/N=C(c3ccccc3)OC2=O)C(C)=NN1C(C)=O. The van der Waals surface area contributed by atoms with Gasteiger partial charge in [0.25, 0.3) is 0 Å². The highest BCUT2D eigenvalue weighted by Crippen LogP contribution is 2.20. The van der Waals surface area contributed by atoms with Gasteiger partial charge in [-0.1, -0.05) is 30.0 Å². The summed E-state index contributed by atoms with van der Waals surface area (Å²) in [6.45, 7) is 3.17. The fraction of sp³-hybridized carbons (Fsp3) is 0.167. The van der Waals surface area contributed by atoms with Crippen molar-refractivity contribution in [1.29, 1.82) is 0 Å². The highest BCUT2D eigenvalue weighted by Gasteiger charge is 2.24. The smallest absolute Gasteiger partial charge is 0.363 e. The molecule has 26 heavy (non-hydrogen) atoms. The number of hydrazone groups is 1. The Balaban J connectivity index is 1.89. The Bertz CT molecular complexity index is 914. The van der Waals surface area contributed by atoms with Gasteiger partial charge in [0.05, 0.1) is 11.4 Å². The lowest BCUT2D eigenvalue weighted by Gasteiger charge is -2.21. The second kappa shape index (κ2) is 7.49. The molecule has 1 aromatic rings. The number of allylic oxidation sites excluding steroid dienone is 3. The zero-order valence-corrected chi connectivity index (χ0v) is 15.3. The van der Waals surface area contributed by atoms with Crippen molar-refractivity contribution in [2.45, 2.75) is 13.8 Å². The van der Waals surface area contributed by atoms with Crippen LogP contribution < -0.4 is 0 Å². The molecule has 0 saturated heterocycles. The number of carbonyl (C=O) groups is 2. The molecule has 0 saturated carbocycles. The Morgan fingerprint density at radius 3 is 2.50 bits per heavy atom. The van der Waals surface area contributed by atoms with E-state index in [1.54, 1.807) is 13.0 Å². The minimum atomic E-state index is -0.523. The number of hydrogen-bond donors (Lipinski definition) is 0. The predicted molar refractivity (Wildman–Crippen MR) is 102 cm³/mol. The standard InChI is InChI=1S/C18H16N4O3S/c1-11-14(20-18(26-3)22(21-11)12(2)23)9-10-15-17(24)25-16(19-15)13-7-5-4-6-8-13/h4-10H,1-3H3/b14-9-,15-10-. The first-order valence-corrected chi connectivity index (χ1v) is 8.99. The van der Waals surface area contributed by atoms with Gasteiger partial charge in [-0.05, 0) is 37.5 Å². The third-order valence-electron chi connectivity index (χ3n) is 3.54. The first-order chi connectivity index (χ1) is 12.5. The molecule has 0 radical (unpaired) electrons. The molecule has 1 aromatic carbocycles. The van der Waals surface area contributed by atoms with E-state index < -0.39 is 5.97 Å². The van der Waals surface area contributed by atoms with Gasteiger partial charge in [-0.15, -0.1) is 0 Å². The molecule has 0 aliphatic carbocycles. The molecule has 0 spiro atoms. The van der Waals surface area contributed by atoms with E-state index in [-0.39, 0.29) is 17.5 Å². The minimum absolute atomic E-state index is 0.180. The Hall–Kier alpha value is -3.00. The van der Waals surface area contributed by atoms with E-state index in [1.807, 2.05) is 36.6 Å². The van der Waals surface area contributed by atoms with Gasteiger partial charge >= 0.3 is 5.97 Å². The van der Waals surface area contributed by atoms with Gasteiger partial charge < -0.3 is 4.74 Å². The van der Waals surface area contributed by atoms with E-state index in [2.05, 4.69) is 15.1 Å². The van der Waals surface area contributed by atoms with Gasteiger partial charge in [-0.2, -0.15) is 10.1 Å². The molecule has 0 bridgehead atoms. The Morgan fingerprint density at radius 2 is 1.85 bits per heavy atom. The summed E-state index contributed by atoms with van der Waals surface area (Å²) in [7, 11) is 0. The summed E-state index contributed by atoms with van der Waals surface area (Å²) < 4.78 is 5.21. The summed E-state index contributed by atoms with van der Waals surface area (Å²) in [5.41, 5.74) is 2.02. The summed E-state index contributed by atoms with van der Waals surface area (Å²) >= 11 is 1.31. The normalized spacial score (nSPS) is 20.0. The molecule has 0 aromatic heterocycles.